The lowest BCUT2D eigenvalue weighted by molar-refractivity contribution is 0.776. The molecule has 0 aliphatic heterocycles. The quantitative estimate of drug-likeness (QED) is 0.510. The molecule has 76 valence electrons. The van der Waals surface area contributed by atoms with E-state index >= 15 is 0 Å². The Morgan fingerprint density at radius 3 is 2.67 bits per heavy atom. The van der Waals surface area contributed by atoms with Gasteiger partial charge in [-0.15, -0.1) is 0 Å². The van der Waals surface area contributed by atoms with Gasteiger partial charge in [0.1, 0.15) is 0 Å². The Labute approximate surface area is 84.4 Å². The number of aryl methyl sites for hydroxylation is 2. The zero-order valence-electron chi connectivity index (χ0n) is 8.26. The summed E-state index contributed by atoms with van der Waals surface area (Å²) in [5.74, 6) is 0. The zero-order valence-corrected chi connectivity index (χ0v) is 8.26. The van der Waals surface area contributed by atoms with Gasteiger partial charge in [-0.2, -0.15) is 4.57 Å². The summed E-state index contributed by atoms with van der Waals surface area (Å²) in [6.45, 7) is 0. The first-order chi connectivity index (χ1) is 7.07. The topological polar surface area (TPSA) is 61.8 Å². The van der Waals surface area contributed by atoms with E-state index in [-0.39, 0.29) is 0 Å². The first-order valence-corrected chi connectivity index (χ1v) is 4.17. The summed E-state index contributed by atoms with van der Waals surface area (Å²) >= 11 is 0. The maximum Gasteiger partial charge on any atom is 0.344 e. The van der Waals surface area contributed by atoms with Crippen LogP contribution in [0.2, 0.25) is 0 Å². The van der Waals surface area contributed by atoms with Crippen molar-refractivity contribution in [3.63, 3.8) is 0 Å². The standard InChI is InChI=1S/C9H8N4O2/c1-4-13-8(14)6-7(10-5-11(6)2)12(3)9(13)15/h1,5H,2-3H3. The SMILES string of the molecule is C#Cn1c(=O)c2c(ncn2C)n(C)c1=O. The second kappa shape index (κ2) is 2.85. The van der Waals surface area contributed by atoms with E-state index in [0.29, 0.717) is 11.2 Å². The van der Waals surface area contributed by atoms with Gasteiger partial charge in [-0.1, -0.05) is 6.42 Å². The molecule has 0 aliphatic carbocycles. The summed E-state index contributed by atoms with van der Waals surface area (Å²) in [5.41, 5.74) is -0.432. The molecule has 2 heterocycles. The van der Waals surface area contributed by atoms with Crippen LogP contribution < -0.4 is 11.2 Å². The van der Waals surface area contributed by atoms with Crippen molar-refractivity contribution >= 4 is 11.2 Å². The molecule has 6 heteroatoms. The van der Waals surface area contributed by atoms with Crippen molar-refractivity contribution in [2.45, 2.75) is 0 Å². The van der Waals surface area contributed by atoms with Crippen molar-refractivity contribution < 1.29 is 0 Å². The number of nitrogens with zero attached hydrogens (tertiary/aromatic N) is 4. The van der Waals surface area contributed by atoms with Gasteiger partial charge in [-0.25, -0.2) is 9.78 Å². The molecule has 0 aliphatic rings. The van der Waals surface area contributed by atoms with E-state index in [9.17, 15) is 9.59 Å². The first-order valence-electron chi connectivity index (χ1n) is 4.17. The van der Waals surface area contributed by atoms with Gasteiger partial charge >= 0.3 is 5.69 Å². The fourth-order valence-electron chi connectivity index (χ4n) is 1.46. The average molecular weight is 204 g/mol. The maximum absolute atomic E-state index is 11.8. The zero-order chi connectivity index (χ0) is 11.2. The minimum Gasteiger partial charge on any atom is -0.328 e. The average Bonchev–Trinajstić information content (AvgIpc) is 2.58. The van der Waals surface area contributed by atoms with Crippen LogP contribution in [-0.4, -0.2) is 18.7 Å². The van der Waals surface area contributed by atoms with E-state index in [4.69, 9.17) is 6.42 Å². The molecule has 0 bridgehead atoms. The monoisotopic (exact) mass is 204 g/mol. The summed E-state index contributed by atoms with van der Waals surface area (Å²) in [7, 11) is 3.19. The van der Waals surface area contributed by atoms with Crippen LogP contribution in [0.15, 0.2) is 15.9 Å². The predicted octanol–water partition coefficient (Wildman–Crippen LogP) is -1.13. The maximum atomic E-state index is 11.8. The summed E-state index contributed by atoms with van der Waals surface area (Å²) in [6, 6.07) is 2.04. The number of rotatable bonds is 0. The van der Waals surface area contributed by atoms with Crippen molar-refractivity contribution in [3.8, 4) is 12.5 Å². The number of terminal acetylenes is 1. The van der Waals surface area contributed by atoms with Crippen molar-refractivity contribution in [2.24, 2.45) is 14.1 Å². The number of aromatic nitrogens is 4. The molecule has 2 rings (SSSR count). The van der Waals surface area contributed by atoms with Gasteiger partial charge in [0.05, 0.1) is 6.33 Å². The summed E-state index contributed by atoms with van der Waals surface area (Å²) in [5, 5.41) is 0. The number of imidazole rings is 1. The Morgan fingerprint density at radius 1 is 1.40 bits per heavy atom. The van der Waals surface area contributed by atoms with Crippen LogP contribution >= 0.6 is 0 Å². The van der Waals surface area contributed by atoms with Crippen LogP contribution in [0, 0.1) is 12.5 Å². The summed E-state index contributed by atoms with van der Waals surface area (Å²) < 4.78 is 3.51. The molecule has 15 heavy (non-hydrogen) atoms. The van der Waals surface area contributed by atoms with Gasteiger partial charge in [0.2, 0.25) is 0 Å². The molecule has 0 unspecified atom stereocenters. The largest absolute Gasteiger partial charge is 0.344 e. The molecule has 0 fully saturated rings. The molecule has 0 aromatic carbocycles. The van der Waals surface area contributed by atoms with Gasteiger partial charge in [-0.3, -0.25) is 9.36 Å². The normalized spacial score (nSPS) is 10.5. The van der Waals surface area contributed by atoms with Crippen molar-refractivity contribution in [3.05, 3.63) is 27.2 Å². The molecule has 0 saturated carbocycles. The van der Waals surface area contributed by atoms with Gasteiger partial charge in [0.15, 0.2) is 11.2 Å². The highest BCUT2D eigenvalue weighted by Gasteiger charge is 2.13. The lowest BCUT2D eigenvalue weighted by Crippen LogP contribution is -2.37. The second-order valence-electron chi connectivity index (χ2n) is 3.14. The Kier molecular flexibility index (Phi) is 1.76. The fourth-order valence-corrected chi connectivity index (χ4v) is 1.46. The Bertz CT molecular complexity index is 696. The van der Waals surface area contributed by atoms with Gasteiger partial charge in [0.25, 0.3) is 5.56 Å². The summed E-state index contributed by atoms with van der Waals surface area (Å²) in [4.78, 5) is 27.3. The molecule has 0 atom stereocenters. The molecule has 2 aromatic heterocycles. The molecule has 0 spiro atoms. The molecular weight excluding hydrogens is 196 g/mol. The highest BCUT2D eigenvalue weighted by molar-refractivity contribution is 5.69. The smallest absolute Gasteiger partial charge is 0.328 e. The minimum absolute atomic E-state index is 0.315. The van der Waals surface area contributed by atoms with E-state index in [1.54, 1.807) is 7.05 Å². The third-order valence-electron chi connectivity index (χ3n) is 2.25. The molecule has 2 aromatic rings. The number of fused-ring (bicyclic) bond motifs is 1. The Hall–Kier alpha value is -2.29. The molecule has 0 N–H and O–H groups in total. The highest BCUT2D eigenvalue weighted by atomic mass is 16.2. The van der Waals surface area contributed by atoms with E-state index in [0.717, 1.165) is 4.57 Å². The second-order valence-corrected chi connectivity index (χ2v) is 3.14. The van der Waals surface area contributed by atoms with E-state index in [2.05, 4.69) is 4.98 Å². The van der Waals surface area contributed by atoms with Crippen LogP contribution in [0.25, 0.3) is 11.2 Å². The fraction of sp³-hybridized carbons (Fsp3) is 0.222. The van der Waals surface area contributed by atoms with Crippen LogP contribution in [-0.2, 0) is 14.1 Å². The highest BCUT2D eigenvalue weighted by Crippen LogP contribution is 2.01. The Balaban J connectivity index is 3.23. The Morgan fingerprint density at radius 2 is 2.07 bits per heavy atom. The lowest BCUT2D eigenvalue weighted by atomic mass is 10.5. The third kappa shape index (κ3) is 1.03. The van der Waals surface area contributed by atoms with Gasteiger partial charge < -0.3 is 4.57 Å². The van der Waals surface area contributed by atoms with Crippen LogP contribution in [0.4, 0.5) is 0 Å². The van der Waals surface area contributed by atoms with Crippen LogP contribution in [0.1, 0.15) is 0 Å². The van der Waals surface area contributed by atoms with Crippen molar-refractivity contribution in [2.75, 3.05) is 0 Å². The number of hydrogen-bond acceptors (Lipinski definition) is 3. The van der Waals surface area contributed by atoms with Crippen molar-refractivity contribution in [1.29, 1.82) is 0 Å². The first kappa shape index (κ1) is 9.27. The lowest BCUT2D eigenvalue weighted by Gasteiger charge is -2.01. The van der Waals surface area contributed by atoms with Gasteiger partial charge in [-0.05, 0) is 0 Å². The number of hydrogen-bond donors (Lipinski definition) is 0. The van der Waals surface area contributed by atoms with Crippen LogP contribution in [0.5, 0.6) is 0 Å². The molecule has 0 saturated heterocycles. The van der Waals surface area contributed by atoms with Gasteiger partial charge in [0, 0.05) is 20.1 Å². The predicted molar refractivity (Wildman–Crippen MR) is 54.4 cm³/mol. The third-order valence-corrected chi connectivity index (χ3v) is 2.25. The van der Waals surface area contributed by atoms with E-state index < -0.39 is 11.2 Å². The molecule has 0 radical (unpaired) electrons. The molecular formula is C9H8N4O2. The van der Waals surface area contributed by atoms with Crippen LogP contribution in [0.3, 0.4) is 0 Å². The minimum atomic E-state index is -0.561. The van der Waals surface area contributed by atoms with E-state index in [1.165, 1.54) is 22.5 Å². The summed E-state index contributed by atoms with van der Waals surface area (Å²) in [6.07, 6.45) is 6.56. The van der Waals surface area contributed by atoms with E-state index in [1.807, 2.05) is 6.04 Å². The molecule has 6 nitrogen and oxygen atoms in total. The van der Waals surface area contributed by atoms with Crippen molar-refractivity contribution in [1.82, 2.24) is 18.7 Å². The molecule has 0 amide bonds.